The van der Waals surface area contributed by atoms with Crippen molar-refractivity contribution in [1.29, 1.82) is 5.26 Å². The number of likely N-dealkylation sites (tertiary alicyclic amines) is 1. The molecule has 0 aromatic rings. The number of hydrogen-bond acceptors (Lipinski definition) is 4. The summed E-state index contributed by atoms with van der Waals surface area (Å²) in [6.07, 6.45) is 6.58. The van der Waals surface area contributed by atoms with Gasteiger partial charge in [-0.3, -0.25) is 9.69 Å². The van der Waals surface area contributed by atoms with Gasteiger partial charge in [0, 0.05) is 18.6 Å². The maximum Gasteiger partial charge on any atom is 0.221 e. The van der Waals surface area contributed by atoms with Gasteiger partial charge in [-0.25, -0.2) is 0 Å². The molecular weight excluding hydrogens is 216 g/mol. The fourth-order valence-electron chi connectivity index (χ4n) is 3.83. The Morgan fingerprint density at radius 1 is 1.29 bits per heavy atom. The number of nitriles is 1. The van der Waals surface area contributed by atoms with Crippen molar-refractivity contribution >= 4 is 5.91 Å². The van der Waals surface area contributed by atoms with Crippen molar-refractivity contribution in [2.24, 2.45) is 11.7 Å². The van der Waals surface area contributed by atoms with Crippen molar-refractivity contribution in [3.05, 3.63) is 0 Å². The van der Waals surface area contributed by atoms with Crippen LogP contribution in [-0.2, 0) is 4.79 Å². The van der Waals surface area contributed by atoms with E-state index in [1.54, 1.807) is 0 Å². The molecule has 0 aliphatic carbocycles. The van der Waals surface area contributed by atoms with Crippen LogP contribution in [0.4, 0.5) is 0 Å². The normalized spacial score (nSPS) is 40.8. The molecule has 2 N–H and O–H groups in total. The Morgan fingerprint density at radius 2 is 2.12 bits per heavy atom. The second kappa shape index (κ2) is 3.88. The van der Waals surface area contributed by atoms with Crippen LogP contribution >= 0.6 is 0 Å². The summed E-state index contributed by atoms with van der Waals surface area (Å²) >= 11 is 0. The van der Waals surface area contributed by atoms with E-state index >= 15 is 0 Å². The summed E-state index contributed by atoms with van der Waals surface area (Å²) in [5.41, 5.74) is 5.36. The SMILES string of the molecule is N#CN1[C@H]2CC[C@@H]1[C@H](N1CCC(C(N)=O)C1)C2. The molecule has 3 aliphatic heterocycles. The highest BCUT2D eigenvalue weighted by Gasteiger charge is 2.49. The average molecular weight is 234 g/mol. The van der Waals surface area contributed by atoms with Crippen LogP contribution in [-0.4, -0.2) is 46.9 Å². The molecular formula is C12H18N4O. The van der Waals surface area contributed by atoms with Gasteiger partial charge in [-0.1, -0.05) is 0 Å². The van der Waals surface area contributed by atoms with Gasteiger partial charge in [-0.2, -0.15) is 5.26 Å². The second-order valence-corrected chi connectivity index (χ2v) is 5.49. The lowest BCUT2D eigenvalue weighted by atomic mass is 9.94. The third-order valence-corrected chi connectivity index (χ3v) is 4.71. The third kappa shape index (κ3) is 1.59. The smallest absolute Gasteiger partial charge is 0.221 e. The van der Waals surface area contributed by atoms with Crippen LogP contribution in [0.15, 0.2) is 0 Å². The van der Waals surface area contributed by atoms with Crippen LogP contribution in [0, 0.1) is 17.4 Å². The summed E-state index contributed by atoms with van der Waals surface area (Å²) in [4.78, 5) is 15.5. The summed E-state index contributed by atoms with van der Waals surface area (Å²) < 4.78 is 0. The molecule has 3 fully saturated rings. The minimum absolute atomic E-state index is 0.0182. The first-order valence-corrected chi connectivity index (χ1v) is 6.42. The van der Waals surface area contributed by atoms with Crippen LogP contribution in [0.25, 0.3) is 0 Å². The number of carbonyl (C=O) groups excluding carboxylic acids is 1. The molecule has 4 atom stereocenters. The lowest BCUT2D eigenvalue weighted by Crippen LogP contribution is -2.42. The van der Waals surface area contributed by atoms with Crippen LogP contribution < -0.4 is 5.73 Å². The van der Waals surface area contributed by atoms with E-state index in [4.69, 9.17) is 11.0 Å². The largest absolute Gasteiger partial charge is 0.369 e. The Balaban J connectivity index is 1.68. The molecule has 3 heterocycles. The zero-order valence-corrected chi connectivity index (χ0v) is 9.88. The van der Waals surface area contributed by atoms with Gasteiger partial charge in [0.15, 0.2) is 6.19 Å². The quantitative estimate of drug-likeness (QED) is 0.676. The van der Waals surface area contributed by atoms with E-state index in [-0.39, 0.29) is 11.8 Å². The van der Waals surface area contributed by atoms with E-state index in [0.717, 1.165) is 38.8 Å². The molecule has 92 valence electrons. The van der Waals surface area contributed by atoms with Gasteiger partial charge in [0.25, 0.3) is 0 Å². The summed E-state index contributed by atoms with van der Waals surface area (Å²) in [6, 6.07) is 1.30. The fourth-order valence-corrected chi connectivity index (χ4v) is 3.83. The molecule has 0 spiro atoms. The van der Waals surface area contributed by atoms with E-state index in [1.807, 2.05) is 4.90 Å². The maximum absolute atomic E-state index is 11.2. The van der Waals surface area contributed by atoms with Crippen molar-refractivity contribution in [2.45, 2.75) is 43.8 Å². The van der Waals surface area contributed by atoms with Crippen molar-refractivity contribution in [3.63, 3.8) is 0 Å². The second-order valence-electron chi connectivity index (χ2n) is 5.49. The minimum atomic E-state index is -0.173. The van der Waals surface area contributed by atoms with Gasteiger partial charge in [-0.15, -0.1) is 0 Å². The Kier molecular flexibility index (Phi) is 2.48. The highest BCUT2D eigenvalue weighted by atomic mass is 16.1. The van der Waals surface area contributed by atoms with Crippen molar-refractivity contribution < 1.29 is 4.79 Å². The molecule has 3 aliphatic rings. The van der Waals surface area contributed by atoms with E-state index in [2.05, 4.69) is 11.1 Å². The van der Waals surface area contributed by atoms with Gasteiger partial charge in [0.05, 0.1) is 12.0 Å². The number of primary amides is 1. The first-order chi connectivity index (χ1) is 8.20. The van der Waals surface area contributed by atoms with Gasteiger partial charge < -0.3 is 10.6 Å². The molecule has 5 nitrogen and oxygen atoms in total. The summed E-state index contributed by atoms with van der Waals surface area (Å²) in [6.45, 7) is 1.75. The number of rotatable bonds is 2. The van der Waals surface area contributed by atoms with E-state index in [1.165, 1.54) is 0 Å². The molecule has 0 saturated carbocycles. The van der Waals surface area contributed by atoms with Crippen LogP contribution in [0.3, 0.4) is 0 Å². The summed E-state index contributed by atoms with van der Waals surface area (Å²) in [5, 5.41) is 9.13. The first-order valence-electron chi connectivity index (χ1n) is 6.42. The monoisotopic (exact) mass is 234 g/mol. The molecule has 1 amide bonds. The van der Waals surface area contributed by atoms with Crippen LogP contribution in [0.1, 0.15) is 25.7 Å². The molecule has 0 aromatic carbocycles. The third-order valence-electron chi connectivity index (χ3n) is 4.71. The predicted molar refractivity (Wildman–Crippen MR) is 61.5 cm³/mol. The molecule has 1 unspecified atom stereocenters. The highest BCUT2D eigenvalue weighted by molar-refractivity contribution is 5.77. The molecule has 0 aromatic heterocycles. The molecule has 17 heavy (non-hydrogen) atoms. The van der Waals surface area contributed by atoms with Crippen molar-refractivity contribution in [3.8, 4) is 6.19 Å². The van der Waals surface area contributed by atoms with Crippen LogP contribution in [0.5, 0.6) is 0 Å². The topological polar surface area (TPSA) is 73.4 Å². The van der Waals surface area contributed by atoms with Crippen molar-refractivity contribution in [1.82, 2.24) is 9.80 Å². The van der Waals surface area contributed by atoms with E-state index in [0.29, 0.717) is 18.1 Å². The molecule has 3 saturated heterocycles. The van der Waals surface area contributed by atoms with Crippen molar-refractivity contribution in [2.75, 3.05) is 13.1 Å². The van der Waals surface area contributed by atoms with E-state index in [9.17, 15) is 4.79 Å². The maximum atomic E-state index is 11.2. The Bertz CT molecular complexity index is 377. The zero-order chi connectivity index (χ0) is 12.0. The fraction of sp³-hybridized carbons (Fsp3) is 0.833. The molecule has 0 radical (unpaired) electrons. The number of hydrogen-bond donors (Lipinski definition) is 1. The van der Waals surface area contributed by atoms with Gasteiger partial charge >= 0.3 is 0 Å². The highest BCUT2D eigenvalue weighted by Crippen LogP contribution is 2.40. The summed E-state index contributed by atoms with van der Waals surface area (Å²) in [5.74, 6) is -0.155. The number of nitrogens with two attached hydrogens (primary N) is 1. The van der Waals surface area contributed by atoms with E-state index < -0.39 is 0 Å². The lowest BCUT2D eigenvalue weighted by molar-refractivity contribution is -0.121. The Labute approximate surface area is 101 Å². The van der Waals surface area contributed by atoms with Gasteiger partial charge in [0.1, 0.15) is 0 Å². The van der Waals surface area contributed by atoms with Gasteiger partial charge in [0.2, 0.25) is 5.91 Å². The van der Waals surface area contributed by atoms with Crippen LogP contribution in [0.2, 0.25) is 0 Å². The number of fused-ring (bicyclic) bond motifs is 2. The zero-order valence-electron chi connectivity index (χ0n) is 9.88. The predicted octanol–water partition coefficient (Wildman–Crippen LogP) is -0.120. The number of nitrogens with zero attached hydrogens (tertiary/aromatic N) is 3. The average Bonchev–Trinajstić information content (AvgIpc) is 3.02. The summed E-state index contributed by atoms with van der Waals surface area (Å²) in [7, 11) is 0. The molecule has 2 bridgehead atoms. The molecule has 3 rings (SSSR count). The number of amides is 1. The minimum Gasteiger partial charge on any atom is -0.369 e. The molecule has 5 heteroatoms. The Morgan fingerprint density at radius 3 is 2.71 bits per heavy atom. The Hall–Kier alpha value is -1.28. The first kappa shape index (κ1) is 10.8. The lowest BCUT2D eigenvalue weighted by Gasteiger charge is -2.30. The number of carbonyl (C=O) groups is 1. The standard InChI is InChI=1S/C12H18N4O/c13-7-16-9-1-2-10(16)11(5-9)15-4-3-8(6-15)12(14)17/h8-11H,1-6H2,(H2,14,17)/t8?,9-,10+,11+/m0/s1. The van der Waals surface area contributed by atoms with Gasteiger partial charge in [-0.05, 0) is 32.2 Å².